The van der Waals surface area contributed by atoms with Gasteiger partial charge >= 0.3 is 5.97 Å². The zero-order chi connectivity index (χ0) is 15.2. The topological polar surface area (TPSA) is 84.5 Å². The Morgan fingerprint density at radius 3 is 2.52 bits per heavy atom. The van der Waals surface area contributed by atoms with E-state index < -0.39 is 16.0 Å². The molecule has 120 valence electrons. The van der Waals surface area contributed by atoms with Gasteiger partial charge in [-0.15, -0.1) is 12.4 Å². The monoisotopic (exact) mass is 336 g/mol. The molecule has 0 bridgehead atoms. The Morgan fingerprint density at radius 1 is 1.29 bits per heavy atom. The summed E-state index contributed by atoms with van der Waals surface area (Å²) >= 11 is 0. The van der Waals surface area contributed by atoms with Crippen molar-refractivity contribution in [2.75, 3.05) is 26.7 Å². The Kier molecular flexibility index (Phi) is 8.50. The van der Waals surface area contributed by atoms with Crippen molar-refractivity contribution in [2.45, 2.75) is 18.7 Å². The average Bonchev–Trinajstić information content (AvgIpc) is 2.43. The van der Waals surface area contributed by atoms with Gasteiger partial charge in [-0.05, 0) is 31.2 Å². The molecule has 1 rings (SSSR count). The summed E-state index contributed by atoms with van der Waals surface area (Å²) in [5, 5.41) is 3.02. The number of methoxy groups -OCH3 is 1. The second-order valence-electron chi connectivity index (χ2n) is 4.22. The van der Waals surface area contributed by atoms with Gasteiger partial charge in [0.1, 0.15) is 0 Å². The lowest BCUT2D eigenvalue weighted by atomic mass is 10.1. The van der Waals surface area contributed by atoms with Gasteiger partial charge in [0.05, 0.1) is 17.6 Å². The minimum absolute atomic E-state index is 0. The molecule has 0 aromatic heterocycles. The van der Waals surface area contributed by atoms with Gasteiger partial charge in [0.25, 0.3) is 0 Å². The molecule has 1 aromatic rings. The second kappa shape index (κ2) is 8.99. The highest BCUT2D eigenvalue weighted by Gasteiger charge is 2.17. The van der Waals surface area contributed by atoms with Gasteiger partial charge in [-0.3, -0.25) is 0 Å². The molecule has 2 N–H and O–H groups in total. The number of aryl methyl sites for hydroxylation is 1. The van der Waals surface area contributed by atoms with Crippen molar-refractivity contribution in [3.8, 4) is 0 Å². The van der Waals surface area contributed by atoms with Crippen LogP contribution in [0.25, 0.3) is 0 Å². The fourth-order valence-corrected chi connectivity index (χ4v) is 2.69. The summed E-state index contributed by atoms with van der Waals surface area (Å²) in [5.41, 5.74) is 0.922. The lowest BCUT2D eigenvalue weighted by molar-refractivity contribution is 0.0599. The Hall–Kier alpha value is -1.15. The van der Waals surface area contributed by atoms with Crippen molar-refractivity contribution >= 4 is 28.4 Å². The number of ether oxygens (including phenoxy) is 1. The van der Waals surface area contributed by atoms with Crippen molar-refractivity contribution < 1.29 is 17.9 Å². The van der Waals surface area contributed by atoms with E-state index in [-0.39, 0.29) is 29.4 Å². The first-order chi connectivity index (χ1) is 9.42. The van der Waals surface area contributed by atoms with Crippen LogP contribution in [0.4, 0.5) is 0 Å². The molecule has 6 nitrogen and oxygen atoms in total. The standard InChI is InChI=1S/C13H20N2O4S.ClH/c1-4-14-7-8-15-20(17,18)11-6-5-10(2)12(9-11)13(16)19-3;/h5-6,9,14-15H,4,7-8H2,1-3H3;1H. The summed E-state index contributed by atoms with van der Waals surface area (Å²) < 4.78 is 31.3. The molecule has 0 radical (unpaired) electrons. The van der Waals surface area contributed by atoms with Crippen molar-refractivity contribution in [1.82, 2.24) is 10.0 Å². The number of hydrogen-bond acceptors (Lipinski definition) is 5. The predicted molar refractivity (Wildman–Crippen MR) is 83.5 cm³/mol. The maximum atomic E-state index is 12.1. The fourth-order valence-electron chi connectivity index (χ4n) is 1.63. The van der Waals surface area contributed by atoms with E-state index in [2.05, 4.69) is 14.8 Å². The Bertz CT molecular complexity index is 576. The van der Waals surface area contributed by atoms with E-state index in [1.807, 2.05) is 6.92 Å². The number of likely N-dealkylation sites (N-methyl/N-ethyl adjacent to an activating group) is 1. The molecule has 0 amide bonds. The molecule has 0 atom stereocenters. The van der Waals surface area contributed by atoms with Crippen LogP contribution in [0.15, 0.2) is 23.1 Å². The van der Waals surface area contributed by atoms with E-state index in [0.717, 1.165) is 6.54 Å². The van der Waals surface area contributed by atoms with Crippen LogP contribution in [0.2, 0.25) is 0 Å². The number of halogens is 1. The number of esters is 1. The summed E-state index contributed by atoms with van der Waals surface area (Å²) in [7, 11) is -2.36. The van der Waals surface area contributed by atoms with E-state index in [1.54, 1.807) is 13.0 Å². The Morgan fingerprint density at radius 2 is 1.95 bits per heavy atom. The molecular formula is C13H21ClN2O4S. The molecule has 0 unspecified atom stereocenters. The van der Waals surface area contributed by atoms with Gasteiger partial charge in [0.15, 0.2) is 0 Å². The summed E-state index contributed by atoms with van der Waals surface area (Å²) in [5.74, 6) is -0.549. The van der Waals surface area contributed by atoms with Gasteiger partial charge in [-0.1, -0.05) is 13.0 Å². The molecule has 0 aliphatic carbocycles. The number of hydrogen-bond donors (Lipinski definition) is 2. The van der Waals surface area contributed by atoms with Crippen molar-refractivity contribution in [3.63, 3.8) is 0 Å². The van der Waals surface area contributed by atoms with Crippen LogP contribution < -0.4 is 10.0 Å². The van der Waals surface area contributed by atoms with Crippen molar-refractivity contribution in [2.24, 2.45) is 0 Å². The third-order valence-electron chi connectivity index (χ3n) is 2.77. The first-order valence-corrected chi connectivity index (χ1v) is 7.80. The summed E-state index contributed by atoms with van der Waals surface area (Å²) in [6.45, 7) is 5.28. The number of rotatable bonds is 7. The average molecular weight is 337 g/mol. The summed E-state index contributed by atoms with van der Waals surface area (Å²) in [6, 6.07) is 4.39. The molecule has 0 spiro atoms. The molecule has 8 heteroatoms. The molecule has 0 heterocycles. The number of carbonyl (C=O) groups excluding carboxylic acids is 1. The van der Waals surface area contributed by atoms with Crippen LogP contribution in [0.5, 0.6) is 0 Å². The number of sulfonamides is 1. The minimum Gasteiger partial charge on any atom is -0.465 e. The molecular weight excluding hydrogens is 316 g/mol. The normalized spacial score (nSPS) is 10.8. The number of carbonyl (C=O) groups is 1. The SMILES string of the molecule is CCNCCNS(=O)(=O)c1ccc(C)c(C(=O)OC)c1.Cl. The molecule has 21 heavy (non-hydrogen) atoms. The lowest BCUT2D eigenvalue weighted by Crippen LogP contribution is -2.31. The smallest absolute Gasteiger partial charge is 0.338 e. The van der Waals surface area contributed by atoms with E-state index in [9.17, 15) is 13.2 Å². The van der Waals surface area contributed by atoms with E-state index in [4.69, 9.17) is 0 Å². The van der Waals surface area contributed by atoms with Gasteiger partial charge < -0.3 is 10.1 Å². The molecule has 1 aromatic carbocycles. The van der Waals surface area contributed by atoms with Crippen molar-refractivity contribution in [3.05, 3.63) is 29.3 Å². The molecule has 0 aliphatic rings. The number of nitrogens with one attached hydrogen (secondary N) is 2. The number of benzene rings is 1. The molecule has 0 saturated carbocycles. The van der Waals surface area contributed by atoms with Crippen LogP contribution in [-0.4, -0.2) is 41.1 Å². The zero-order valence-electron chi connectivity index (χ0n) is 12.3. The third-order valence-corrected chi connectivity index (χ3v) is 4.23. The highest BCUT2D eigenvalue weighted by Crippen LogP contribution is 2.16. The molecule has 0 aliphatic heterocycles. The fraction of sp³-hybridized carbons (Fsp3) is 0.462. The highest BCUT2D eigenvalue weighted by molar-refractivity contribution is 7.89. The van der Waals surface area contributed by atoms with Crippen LogP contribution in [0, 0.1) is 6.92 Å². The Labute approximate surface area is 131 Å². The van der Waals surface area contributed by atoms with E-state index >= 15 is 0 Å². The maximum Gasteiger partial charge on any atom is 0.338 e. The molecule has 0 fully saturated rings. The largest absolute Gasteiger partial charge is 0.465 e. The van der Waals surface area contributed by atoms with Gasteiger partial charge in [-0.25, -0.2) is 17.9 Å². The van der Waals surface area contributed by atoms with Crippen molar-refractivity contribution in [1.29, 1.82) is 0 Å². The van der Waals surface area contributed by atoms with Crippen LogP contribution in [0.1, 0.15) is 22.8 Å². The summed E-state index contributed by atoms with van der Waals surface area (Å²) in [6.07, 6.45) is 0. The van der Waals surface area contributed by atoms with Crippen LogP contribution in [-0.2, 0) is 14.8 Å². The highest BCUT2D eigenvalue weighted by atomic mass is 35.5. The van der Waals surface area contributed by atoms with Crippen LogP contribution in [0.3, 0.4) is 0 Å². The predicted octanol–water partition coefficient (Wildman–Crippen LogP) is 1.09. The lowest BCUT2D eigenvalue weighted by Gasteiger charge is -2.09. The Balaban J connectivity index is 0.00000400. The third kappa shape index (κ3) is 5.62. The van der Waals surface area contributed by atoms with Gasteiger partial charge in [0.2, 0.25) is 10.0 Å². The molecule has 0 saturated heterocycles. The first-order valence-electron chi connectivity index (χ1n) is 6.31. The zero-order valence-corrected chi connectivity index (χ0v) is 13.9. The van der Waals surface area contributed by atoms with E-state index in [0.29, 0.717) is 12.1 Å². The minimum atomic E-state index is -3.62. The second-order valence-corrected chi connectivity index (χ2v) is 5.99. The van der Waals surface area contributed by atoms with Gasteiger partial charge in [0, 0.05) is 13.1 Å². The van der Waals surface area contributed by atoms with E-state index in [1.165, 1.54) is 19.2 Å². The maximum absolute atomic E-state index is 12.1. The van der Waals surface area contributed by atoms with Gasteiger partial charge in [-0.2, -0.15) is 0 Å². The summed E-state index contributed by atoms with van der Waals surface area (Å²) in [4.78, 5) is 11.6. The first kappa shape index (κ1) is 19.9. The quantitative estimate of drug-likeness (QED) is 0.575. The van der Waals surface area contributed by atoms with Crippen LogP contribution >= 0.6 is 12.4 Å².